The van der Waals surface area contributed by atoms with E-state index in [0.717, 1.165) is 10.9 Å². The van der Waals surface area contributed by atoms with Gasteiger partial charge in [-0.15, -0.1) is 0 Å². The monoisotopic (exact) mass is 307 g/mol. The normalized spacial score (nSPS) is 11.2. The quantitative estimate of drug-likeness (QED) is 0.420. The second-order valence-electron chi connectivity index (χ2n) is 5.10. The van der Waals surface area contributed by atoms with Gasteiger partial charge in [0.1, 0.15) is 6.33 Å². The number of benzene rings is 2. The average Bonchev–Trinajstić information content (AvgIpc) is 2.60. The smallest absolute Gasteiger partial charge is 0.267 e. The van der Waals surface area contributed by atoms with Crippen LogP contribution in [-0.4, -0.2) is 28.6 Å². The molecule has 0 aliphatic heterocycles. The highest BCUT2D eigenvalue weighted by atomic mass is 16.5. The fourth-order valence-corrected chi connectivity index (χ4v) is 2.72. The topological polar surface area (TPSA) is 65.7 Å². The number of methoxy groups -OCH3 is 2. The third-order valence-corrected chi connectivity index (χ3v) is 3.86. The number of hydrogen-bond donors (Lipinski definition) is 0. The van der Waals surface area contributed by atoms with E-state index in [2.05, 4.69) is 9.97 Å². The van der Waals surface area contributed by atoms with Gasteiger partial charge in [0, 0.05) is 11.5 Å². The average molecular weight is 307 g/mol. The van der Waals surface area contributed by atoms with Gasteiger partial charge in [0.15, 0.2) is 17.1 Å². The van der Waals surface area contributed by atoms with Crippen LogP contribution in [0.25, 0.3) is 27.5 Å². The van der Waals surface area contributed by atoms with E-state index in [1.807, 2.05) is 24.3 Å². The van der Waals surface area contributed by atoms with E-state index >= 15 is 0 Å². The number of aromatic nitrogens is 3. The Hall–Kier alpha value is -3.15. The van der Waals surface area contributed by atoms with Crippen LogP contribution in [0.15, 0.2) is 47.5 Å². The van der Waals surface area contributed by atoms with Gasteiger partial charge in [-0.3, -0.25) is 4.79 Å². The third kappa shape index (κ3) is 1.92. The van der Waals surface area contributed by atoms with E-state index in [-0.39, 0.29) is 5.56 Å². The minimum atomic E-state index is -0.191. The predicted octanol–water partition coefficient (Wildman–Crippen LogP) is 2.41. The summed E-state index contributed by atoms with van der Waals surface area (Å²) in [5.74, 6) is 1.03. The van der Waals surface area contributed by atoms with E-state index in [1.54, 1.807) is 19.2 Å². The zero-order valence-electron chi connectivity index (χ0n) is 12.6. The molecule has 23 heavy (non-hydrogen) atoms. The summed E-state index contributed by atoms with van der Waals surface area (Å²) < 4.78 is 12.0. The van der Waals surface area contributed by atoms with Crippen LogP contribution in [0.4, 0.5) is 0 Å². The van der Waals surface area contributed by atoms with E-state index in [1.165, 1.54) is 17.8 Å². The minimum absolute atomic E-state index is 0.191. The maximum atomic E-state index is 12.8. The first-order chi connectivity index (χ1) is 11.2. The largest absolute Gasteiger partial charge is 0.493 e. The van der Waals surface area contributed by atoms with Crippen molar-refractivity contribution in [2.75, 3.05) is 14.2 Å². The standard InChI is InChI=1S/C17H13N3O3/c1-22-14-7-11-13(8-15(14)23-2)19-16-10-5-3-4-6-12(10)18-9-20(16)17(11)21/h3-9H,1-2H3. The van der Waals surface area contributed by atoms with Crippen molar-refractivity contribution in [1.29, 1.82) is 0 Å². The third-order valence-electron chi connectivity index (χ3n) is 3.86. The molecule has 0 saturated carbocycles. The zero-order valence-corrected chi connectivity index (χ0v) is 12.6. The summed E-state index contributed by atoms with van der Waals surface area (Å²) in [6.07, 6.45) is 1.50. The van der Waals surface area contributed by atoms with Crippen molar-refractivity contribution in [1.82, 2.24) is 14.4 Å². The molecular weight excluding hydrogens is 294 g/mol. The molecule has 0 aliphatic rings. The summed E-state index contributed by atoms with van der Waals surface area (Å²) in [4.78, 5) is 21.7. The number of hydrogen-bond acceptors (Lipinski definition) is 5. The molecule has 0 spiro atoms. The summed E-state index contributed by atoms with van der Waals surface area (Å²) in [6, 6.07) is 10.9. The van der Waals surface area contributed by atoms with E-state index in [9.17, 15) is 4.79 Å². The van der Waals surface area contributed by atoms with E-state index < -0.39 is 0 Å². The van der Waals surface area contributed by atoms with Crippen molar-refractivity contribution >= 4 is 27.5 Å². The van der Waals surface area contributed by atoms with E-state index in [4.69, 9.17) is 9.47 Å². The van der Waals surface area contributed by atoms with Gasteiger partial charge in [-0.25, -0.2) is 14.4 Å². The number of para-hydroxylation sites is 1. The molecule has 0 aliphatic carbocycles. The van der Waals surface area contributed by atoms with Crippen LogP contribution in [0.3, 0.4) is 0 Å². The Morgan fingerprint density at radius 1 is 0.957 bits per heavy atom. The molecule has 2 heterocycles. The van der Waals surface area contributed by atoms with Crippen LogP contribution >= 0.6 is 0 Å². The van der Waals surface area contributed by atoms with Crippen LogP contribution in [0, 0.1) is 0 Å². The maximum absolute atomic E-state index is 12.8. The van der Waals surface area contributed by atoms with Crippen molar-refractivity contribution in [3.63, 3.8) is 0 Å². The Morgan fingerprint density at radius 2 is 1.70 bits per heavy atom. The summed E-state index contributed by atoms with van der Waals surface area (Å²) in [7, 11) is 3.09. The second kappa shape index (κ2) is 4.95. The predicted molar refractivity (Wildman–Crippen MR) is 87.4 cm³/mol. The highest BCUT2D eigenvalue weighted by Crippen LogP contribution is 2.30. The number of ether oxygens (including phenoxy) is 2. The molecule has 6 nitrogen and oxygen atoms in total. The first kappa shape index (κ1) is 13.5. The molecule has 2 aromatic carbocycles. The molecule has 0 fully saturated rings. The van der Waals surface area contributed by atoms with Crippen LogP contribution in [0.5, 0.6) is 11.5 Å². The molecule has 4 rings (SSSR count). The minimum Gasteiger partial charge on any atom is -0.493 e. The summed E-state index contributed by atoms with van der Waals surface area (Å²) >= 11 is 0. The molecule has 0 atom stereocenters. The lowest BCUT2D eigenvalue weighted by atomic mass is 10.2. The van der Waals surface area contributed by atoms with Crippen LogP contribution < -0.4 is 15.0 Å². The lowest BCUT2D eigenvalue weighted by Gasteiger charge is -2.10. The van der Waals surface area contributed by atoms with Crippen molar-refractivity contribution < 1.29 is 9.47 Å². The number of nitrogens with zero attached hydrogens (tertiary/aromatic N) is 3. The fourth-order valence-electron chi connectivity index (χ4n) is 2.72. The lowest BCUT2D eigenvalue weighted by Crippen LogP contribution is -2.16. The highest BCUT2D eigenvalue weighted by Gasteiger charge is 2.13. The van der Waals surface area contributed by atoms with Crippen LogP contribution in [0.2, 0.25) is 0 Å². The van der Waals surface area contributed by atoms with Gasteiger partial charge in [-0.1, -0.05) is 12.1 Å². The van der Waals surface area contributed by atoms with Crippen molar-refractivity contribution in [2.24, 2.45) is 0 Å². The van der Waals surface area contributed by atoms with Gasteiger partial charge in [0.25, 0.3) is 5.56 Å². The molecule has 0 bridgehead atoms. The Morgan fingerprint density at radius 3 is 2.48 bits per heavy atom. The molecule has 114 valence electrons. The maximum Gasteiger partial charge on any atom is 0.267 e. The molecule has 0 amide bonds. The molecule has 0 unspecified atom stereocenters. The summed E-state index contributed by atoms with van der Waals surface area (Å²) in [6.45, 7) is 0. The van der Waals surface area contributed by atoms with Gasteiger partial charge >= 0.3 is 0 Å². The number of rotatable bonds is 2. The zero-order chi connectivity index (χ0) is 16.0. The molecule has 2 aromatic heterocycles. The Kier molecular flexibility index (Phi) is 2.90. The molecule has 4 aromatic rings. The molecule has 6 heteroatoms. The second-order valence-corrected chi connectivity index (χ2v) is 5.10. The van der Waals surface area contributed by atoms with Crippen molar-refractivity contribution in [3.8, 4) is 11.5 Å². The van der Waals surface area contributed by atoms with Crippen molar-refractivity contribution in [2.45, 2.75) is 0 Å². The summed E-state index contributed by atoms with van der Waals surface area (Å²) in [5.41, 5.74) is 1.73. The molecule has 0 N–H and O–H groups in total. The first-order valence-corrected chi connectivity index (χ1v) is 7.05. The van der Waals surface area contributed by atoms with E-state index in [0.29, 0.717) is 28.0 Å². The molecular formula is C17H13N3O3. The van der Waals surface area contributed by atoms with Gasteiger partial charge < -0.3 is 9.47 Å². The SMILES string of the molecule is COc1cc2nc3c4ccccc4ncn3c(=O)c2cc1OC. The van der Waals surface area contributed by atoms with Gasteiger partial charge in [0.2, 0.25) is 0 Å². The summed E-state index contributed by atoms with van der Waals surface area (Å²) in [5, 5.41) is 1.28. The fraction of sp³-hybridized carbons (Fsp3) is 0.118. The van der Waals surface area contributed by atoms with Gasteiger partial charge in [-0.05, 0) is 18.2 Å². The highest BCUT2D eigenvalue weighted by molar-refractivity contribution is 5.94. The Balaban J connectivity index is 2.21. The lowest BCUT2D eigenvalue weighted by molar-refractivity contribution is 0.355. The Labute approximate surface area is 130 Å². The molecule has 0 saturated heterocycles. The van der Waals surface area contributed by atoms with Crippen LogP contribution in [-0.2, 0) is 0 Å². The van der Waals surface area contributed by atoms with Gasteiger partial charge in [-0.2, -0.15) is 0 Å². The van der Waals surface area contributed by atoms with Crippen LogP contribution in [0.1, 0.15) is 0 Å². The molecule has 0 radical (unpaired) electrons. The van der Waals surface area contributed by atoms with Crippen molar-refractivity contribution in [3.05, 3.63) is 53.1 Å². The Bertz CT molecular complexity index is 1120. The van der Waals surface area contributed by atoms with Gasteiger partial charge in [0.05, 0.1) is 30.6 Å². The first-order valence-electron chi connectivity index (χ1n) is 7.05. The number of fused-ring (bicyclic) bond motifs is 4.